The highest BCUT2D eigenvalue weighted by Crippen LogP contribution is 2.24. The van der Waals surface area contributed by atoms with E-state index in [1.807, 2.05) is 30.5 Å². The van der Waals surface area contributed by atoms with Crippen LogP contribution in [0.15, 0.2) is 41.8 Å². The molecule has 4 nitrogen and oxygen atoms in total. The molecule has 5 heteroatoms. The van der Waals surface area contributed by atoms with Crippen molar-refractivity contribution in [3.05, 3.63) is 52.2 Å². The minimum atomic E-state index is -0.490. The Morgan fingerprint density at radius 3 is 2.68 bits per heavy atom. The summed E-state index contributed by atoms with van der Waals surface area (Å²) >= 11 is 1.39. The number of thiophene rings is 1. The Kier molecular flexibility index (Phi) is 4.24. The molecule has 0 radical (unpaired) electrons. The average Bonchev–Trinajstić information content (AvgIpc) is 3.20. The molecule has 2 heterocycles. The molecule has 0 bridgehead atoms. The van der Waals surface area contributed by atoms with Crippen LogP contribution in [0.1, 0.15) is 28.1 Å². The van der Waals surface area contributed by atoms with Crippen molar-refractivity contribution in [1.82, 2.24) is 4.90 Å². The van der Waals surface area contributed by atoms with E-state index in [9.17, 15) is 9.59 Å². The van der Waals surface area contributed by atoms with Crippen molar-refractivity contribution < 1.29 is 14.3 Å². The Hall–Kier alpha value is -2.14. The first kappa shape index (κ1) is 14.8. The van der Waals surface area contributed by atoms with Gasteiger partial charge in [0.1, 0.15) is 11.8 Å². The predicted molar refractivity (Wildman–Crippen MR) is 85.2 cm³/mol. The van der Waals surface area contributed by atoms with E-state index in [1.54, 1.807) is 23.1 Å². The number of nitrogens with zero attached hydrogens (tertiary/aromatic N) is 1. The molecule has 1 aliphatic rings. The first-order valence-electron chi connectivity index (χ1n) is 7.28. The largest absolute Gasteiger partial charge is 0.425 e. The number of hydrogen-bond donors (Lipinski definition) is 0. The van der Waals surface area contributed by atoms with Gasteiger partial charge in [0.2, 0.25) is 0 Å². The molecule has 1 aliphatic heterocycles. The van der Waals surface area contributed by atoms with Crippen molar-refractivity contribution in [3.8, 4) is 5.75 Å². The van der Waals surface area contributed by atoms with Crippen LogP contribution in [-0.4, -0.2) is 29.4 Å². The van der Waals surface area contributed by atoms with Gasteiger partial charge in [0.15, 0.2) is 0 Å². The normalized spacial score (nSPS) is 17.5. The average molecular weight is 315 g/mol. The zero-order valence-electron chi connectivity index (χ0n) is 12.3. The predicted octanol–water partition coefficient (Wildman–Crippen LogP) is 3.27. The molecule has 2 aromatic rings. The van der Waals surface area contributed by atoms with E-state index in [0.29, 0.717) is 23.6 Å². The second-order valence-electron chi connectivity index (χ2n) is 5.37. The molecule has 22 heavy (non-hydrogen) atoms. The number of rotatable bonds is 3. The lowest BCUT2D eigenvalue weighted by Gasteiger charge is -2.22. The molecule has 1 fully saturated rings. The van der Waals surface area contributed by atoms with Crippen molar-refractivity contribution in [1.29, 1.82) is 0 Å². The van der Waals surface area contributed by atoms with E-state index in [0.717, 1.165) is 12.0 Å². The van der Waals surface area contributed by atoms with Crippen LogP contribution < -0.4 is 4.74 Å². The van der Waals surface area contributed by atoms with Gasteiger partial charge >= 0.3 is 5.97 Å². The number of carbonyl (C=O) groups is 2. The molecule has 114 valence electrons. The van der Waals surface area contributed by atoms with Crippen LogP contribution in [0.5, 0.6) is 5.75 Å². The van der Waals surface area contributed by atoms with Gasteiger partial charge in [-0.05, 0) is 43.3 Å². The summed E-state index contributed by atoms with van der Waals surface area (Å²) < 4.78 is 5.42. The summed E-state index contributed by atoms with van der Waals surface area (Å²) in [5.74, 6) is 0.0793. The van der Waals surface area contributed by atoms with Crippen molar-refractivity contribution in [2.45, 2.75) is 25.8 Å². The molecule has 1 unspecified atom stereocenters. The highest BCUT2D eigenvalue weighted by Gasteiger charge is 2.36. The van der Waals surface area contributed by atoms with Crippen molar-refractivity contribution in [3.63, 3.8) is 0 Å². The third-order valence-electron chi connectivity index (χ3n) is 3.76. The summed E-state index contributed by atoms with van der Waals surface area (Å²) in [4.78, 5) is 27.1. The Bertz CT molecular complexity index is 664. The Balaban J connectivity index is 1.71. The molecular formula is C17H17NO3S. The topological polar surface area (TPSA) is 46.6 Å². The highest BCUT2D eigenvalue weighted by molar-refractivity contribution is 7.12. The van der Waals surface area contributed by atoms with Crippen molar-refractivity contribution in [2.75, 3.05) is 6.54 Å². The summed E-state index contributed by atoms with van der Waals surface area (Å²) in [5, 5.41) is 1.86. The number of amides is 1. The monoisotopic (exact) mass is 315 g/mol. The molecule has 1 saturated heterocycles. The van der Waals surface area contributed by atoms with Gasteiger partial charge in [-0.3, -0.25) is 4.79 Å². The van der Waals surface area contributed by atoms with Crippen molar-refractivity contribution in [2.24, 2.45) is 0 Å². The smallest absolute Gasteiger partial charge is 0.334 e. The summed E-state index contributed by atoms with van der Waals surface area (Å²) in [7, 11) is 0. The van der Waals surface area contributed by atoms with Gasteiger partial charge < -0.3 is 9.64 Å². The van der Waals surface area contributed by atoms with Crippen LogP contribution in [0, 0.1) is 6.92 Å². The maximum atomic E-state index is 12.4. The number of carbonyl (C=O) groups excluding carboxylic acids is 2. The lowest BCUT2D eigenvalue weighted by molar-refractivity contribution is -0.138. The molecule has 1 atom stereocenters. The summed E-state index contributed by atoms with van der Waals surface area (Å²) in [6.45, 7) is 2.58. The summed E-state index contributed by atoms with van der Waals surface area (Å²) in [6.07, 6.45) is 1.48. The third-order valence-corrected chi connectivity index (χ3v) is 4.61. The van der Waals surface area contributed by atoms with Crippen LogP contribution in [0.3, 0.4) is 0 Å². The van der Waals surface area contributed by atoms with Gasteiger partial charge in [0.05, 0.1) is 4.88 Å². The maximum absolute atomic E-state index is 12.4. The number of ether oxygens (including phenoxy) is 1. The van der Waals surface area contributed by atoms with Crippen LogP contribution in [-0.2, 0) is 4.79 Å². The van der Waals surface area contributed by atoms with E-state index in [1.165, 1.54) is 11.3 Å². The lowest BCUT2D eigenvalue weighted by Crippen LogP contribution is -2.42. The number of benzene rings is 1. The molecule has 0 aliphatic carbocycles. The number of aryl methyl sites for hydroxylation is 1. The molecule has 0 N–H and O–H groups in total. The minimum Gasteiger partial charge on any atom is -0.425 e. The molecule has 3 rings (SSSR count). The van der Waals surface area contributed by atoms with Gasteiger partial charge in [-0.2, -0.15) is 0 Å². The zero-order chi connectivity index (χ0) is 15.5. The fraction of sp³-hybridized carbons (Fsp3) is 0.294. The molecule has 1 amide bonds. The quantitative estimate of drug-likeness (QED) is 0.645. The lowest BCUT2D eigenvalue weighted by atomic mass is 10.2. The highest BCUT2D eigenvalue weighted by atomic mass is 32.1. The third kappa shape index (κ3) is 3.04. The van der Waals surface area contributed by atoms with E-state index in [4.69, 9.17) is 4.74 Å². The molecular weight excluding hydrogens is 298 g/mol. The second kappa shape index (κ2) is 6.32. The van der Waals surface area contributed by atoms with Gasteiger partial charge in [0.25, 0.3) is 5.91 Å². The van der Waals surface area contributed by atoms with Crippen LogP contribution in [0.2, 0.25) is 0 Å². The minimum absolute atomic E-state index is 0.0849. The van der Waals surface area contributed by atoms with E-state index in [-0.39, 0.29) is 11.9 Å². The fourth-order valence-electron chi connectivity index (χ4n) is 2.59. The van der Waals surface area contributed by atoms with Crippen molar-refractivity contribution >= 4 is 23.2 Å². The molecule has 1 aromatic heterocycles. The Morgan fingerprint density at radius 1 is 1.23 bits per heavy atom. The molecule has 0 saturated carbocycles. The summed E-state index contributed by atoms with van der Waals surface area (Å²) in [5.41, 5.74) is 1.11. The number of likely N-dealkylation sites (tertiary alicyclic amines) is 1. The Labute approximate surface area is 133 Å². The fourth-order valence-corrected chi connectivity index (χ4v) is 3.27. The Morgan fingerprint density at radius 2 is 2.00 bits per heavy atom. The SMILES string of the molecule is Cc1ccc(OC(=O)C2CCCN2C(=O)c2cccs2)cc1. The van der Waals surface area contributed by atoms with Crippen LogP contribution in [0.4, 0.5) is 0 Å². The van der Waals surface area contributed by atoms with E-state index < -0.39 is 6.04 Å². The van der Waals surface area contributed by atoms with Crippen LogP contribution >= 0.6 is 11.3 Å². The molecule has 0 spiro atoms. The van der Waals surface area contributed by atoms with Gasteiger partial charge in [-0.15, -0.1) is 11.3 Å². The standard InChI is InChI=1S/C17H17NO3S/c1-12-6-8-13(9-7-12)21-17(20)14-4-2-10-18(14)16(19)15-5-3-11-22-15/h3,5-9,11,14H,2,4,10H2,1H3. The molecule has 1 aromatic carbocycles. The van der Waals surface area contributed by atoms with Gasteiger partial charge in [-0.1, -0.05) is 23.8 Å². The maximum Gasteiger partial charge on any atom is 0.334 e. The van der Waals surface area contributed by atoms with Crippen LogP contribution in [0.25, 0.3) is 0 Å². The van der Waals surface area contributed by atoms with Gasteiger partial charge in [-0.25, -0.2) is 4.79 Å². The zero-order valence-corrected chi connectivity index (χ0v) is 13.1. The number of hydrogen-bond acceptors (Lipinski definition) is 4. The first-order chi connectivity index (χ1) is 10.6. The first-order valence-corrected chi connectivity index (χ1v) is 8.16. The number of esters is 1. The van der Waals surface area contributed by atoms with E-state index in [2.05, 4.69) is 0 Å². The van der Waals surface area contributed by atoms with E-state index >= 15 is 0 Å². The van der Waals surface area contributed by atoms with Gasteiger partial charge in [0, 0.05) is 6.54 Å². The second-order valence-corrected chi connectivity index (χ2v) is 6.32. The summed E-state index contributed by atoms with van der Waals surface area (Å²) in [6, 6.07) is 10.5.